The Morgan fingerprint density at radius 3 is 2.76 bits per heavy atom. The van der Waals surface area contributed by atoms with E-state index in [0.29, 0.717) is 0 Å². The minimum atomic E-state index is 0.0179. The third-order valence-electron chi connectivity index (χ3n) is 3.31. The van der Waals surface area contributed by atoms with Gasteiger partial charge in [-0.25, -0.2) is 0 Å². The van der Waals surface area contributed by atoms with Gasteiger partial charge in [0.2, 0.25) is 0 Å². The van der Waals surface area contributed by atoms with Crippen molar-refractivity contribution in [2.75, 3.05) is 7.05 Å². The minimum absolute atomic E-state index is 0.0179. The van der Waals surface area contributed by atoms with E-state index < -0.39 is 0 Å². The van der Waals surface area contributed by atoms with Gasteiger partial charge in [-0.3, -0.25) is 9.97 Å². The van der Waals surface area contributed by atoms with Crippen LogP contribution in [-0.4, -0.2) is 23.1 Å². The van der Waals surface area contributed by atoms with Crippen LogP contribution in [0.2, 0.25) is 0 Å². The topological polar surface area (TPSA) is 47.0 Å². The summed E-state index contributed by atoms with van der Waals surface area (Å²) in [6, 6.07) is 6.15. The number of aromatic nitrogens is 2. The van der Waals surface area contributed by atoms with Gasteiger partial charge in [0.15, 0.2) is 0 Å². The summed E-state index contributed by atoms with van der Waals surface area (Å²) >= 11 is 0. The molecule has 112 valence electrons. The smallest absolute Gasteiger partial charge is 0.138 e. The Bertz CT molecular complexity index is 584. The van der Waals surface area contributed by atoms with Gasteiger partial charge >= 0.3 is 0 Å². The Morgan fingerprint density at radius 1 is 1.29 bits per heavy atom. The second-order valence-electron chi connectivity index (χ2n) is 5.24. The molecule has 21 heavy (non-hydrogen) atoms. The van der Waals surface area contributed by atoms with Crippen molar-refractivity contribution in [3.63, 3.8) is 0 Å². The van der Waals surface area contributed by atoms with Crippen LogP contribution in [0, 0.1) is 0 Å². The minimum Gasteiger partial charge on any atom is -0.489 e. The second-order valence-corrected chi connectivity index (χ2v) is 5.24. The van der Waals surface area contributed by atoms with Gasteiger partial charge in [0, 0.05) is 12.4 Å². The second kappa shape index (κ2) is 7.18. The standard InChI is InChI=1S/C17H23N3O/c1-5-13-7-6-8-20-17(13)16(18-4)14-9-15(11-19-10-14)21-12(2)3/h6-12,16,18H,5H2,1-4H3. The van der Waals surface area contributed by atoms with Crippen LogP contribution in [0.15, 0.2) is 36.8 Å². The molecule has 4 nitrogen and oxygen atoms in total. The first-order valence-corrected chi connectivity index (χ1v) is 7.38. The summed E-state index contributed by atoms with van der Waals surface area (Å²) in [6.07, 6.45) is 6.53. The van der Waals surface area contributed by atoms with E-state index in [9.17, 15) is 0 Å². The molecule has 2 rings (SSSR count). The molecule has 0 fully saturated rings. The van der Waals surface area contributed by atoms with Crippen LogP contribution in [0.25, 0.3) is 0 Å². The van der Waals surface area contributed by atoms with Crippen molar-refractivity contribution in [1.29, 1.82) is 0 Å². The molecule has 0 amide bonds. The normalized spacial score (nSPS) is 12.4. The number of hydrogen-bond donors (Lipinski definition) is 1. The van der Waals surface area contributed by atoms with Crippen LogP contribution in [0.5, 0.6) is 5.75 Å². The van der Waals surface area contributed by atoms with Crippen LogP contribution in [0.4, 0.5) is 0 Å². The lowest BCUT2D eigenvalue weighted by atomic mass is 9.99. The van der Waals surface area contributed by atoms with Crippen molar-refractivity contribution in [2.24, 2.45) is 0 Å². The van der Waals surface area contributed by atoms with E-state index in [-0.39, 0.29) is 12.1 Å². The van der Waals surface area contributed by atoms with Crippen molar-refractivity contribution < 1.29 is 4.74 Å². The van der Waals surface area contributed by atoms with Crippen molar-refractivity contribution in [1.82, 2.24) is 15.3 Å². The number of aryl methyl sites for hydroxylation is 1. The monoisotopic (exact) mass is 285 g/mol. The molecule has 1 atom stereocenters. The van der Waals surface area contributed by atoms with Gasteiger partial charge in [0.1, 0.15) is 5.75 Å². The highest BCUT2D eigenvalue weighted by Gasteiger charge is 2.17. The third-order valence-corrected chi connectivity index (χ3v) is 3.31. The lowest BCUT2D eigenvalue weighted by Crippen LogP contribution is -2.21. The molecule has 2 aromatic heterocycles. The Labute approximate surface area is 126 Å². The van der Waals surface area contributed by atoms with E-state index in [1.165, 1.54) is 5.56 Å². The maximum atomic E-state index is 5.73. The summed E-state index contributed by atoms with van der Waals surface area (Å²) in [6.45, 7) is 6.16. The lowest BCUT2D eigenvalue weighted by Gasteiger charge is -2.19. The first-order chi connectivity index (χ1) is 10.2. The molecule has 0 radical (unpaired) electrons. The lowest BCUT2D eigenvalue weighted by molar-refractivity contribution is 0.241. The maximum absolute atomic E-state index is 5.73. The van der Waals surface area contributed by atoms with Gasteiger partial charge in [0.05, 0.1) is 24.0 Å². The molecule has 1 unspecified atom stereocenters. The van der Waals surface area contributed by atoms with Gasteiger partial charge < -0.3 is 10.1 Å². The third kappa shape index (κ3) is 3.79. The summed E-state index contributed by atoms with van der Waals surface area (Å²) in [5, 5.41) is 3.33. The first kappa shape index (κ1) is 15.4. The van der Waals surface area contributed by atoms with Crippen LogP contribution < -0.4 is 10.1 Å². The molecule has 0 bridgehead atoms. The van der Waals surface area contributed by atoms with E-state index in [2.05, 4.69) is 28.3 Å². The van der Waals surface area contributed by atoms with Gasteiger partial charge in [-0.05, 0) is 50.6 Å². The zero-order valence-electron chi connectivity index (χ0n) is 13.1. The zero-order valence-corrected chi connectivity index (χ0v) is 13.1. The van der Waals surface area contributed by atoms with Crippen molar-refractivity contribution in [3.8, 4) is 5.75 Å². The number of ether oxygens (including phenoxy) is 1. The summed E-state index contributed by atoms with van der Waals surface area (Å²) < 4.78 is 5.73. The fourth-order valence-electron chi connectivity index (χ4n) is 2.40. The number of pyridine rings is 2. The Balaban J connectivity index is 2.37. The molecule has 2 aromatic rings. The highest BCUT2D eigenvalue weighted by atomic mass is 16.5. The van der Waals surface area contributed by atoms with E-state index in [1.807, 2.05) is 45.4 Å². The number of nitrogens with one attached hydrogen (secondary N) is 1. The molecule has 0 aliphatic heterocycles. The van der Waals surface area contributed by atoms with Crippen LogP contribution in [0.1, 0.15) is 43.6 Å². The fourth-order valence-corrected chi connectivity index (χ4v) is 2.40. The van der Waals surface area contributed by atoms with Crippen LogP contribution >= 0.6 is 0 Å². The maximum Gasteiger partial charge on any atom is 0.138 e. The summed E-state index contributed by atoms with van der Waals surface area (Å²) in [5.74, 6) is 0.789. The molecule has 1 N–H and O–H groups in total. The molecule has 0 spiro atoms. The average Bonchev–Trinajstić information content (AvgIpc) is 2.48. The van der Waals surface area contributed by atoms with Gasteiger partial charge in [-0.15, -0.1) is 0 Å². The number of hydrogen-bond acceptors (Lipinski definition) is 4. The highest BCUT2D eigenvalue weighted by molar-refractivity contribution is 5.34. The SMILES string of the molecule is CCc1cccnc1C(NC)c1cncc(OC(C)C)c1. The molecule has 0 aliphatic rings. The predicted molar refractivity (Wildman–Crippen MR) is 84.5 cm³/mol. The van der Waals surface area contributed by atoms with E-state index in [4.69, 9.17) is 4.74 Å². The molecule has 0 saturated heterocycles. The van der Waals surface area contributed by atoms with Gasteiger partial charge in [-0.2, -0.15) is 0 Å². The van der Waals surface area contributed by atoms with Crippen LogP contribution in [0.3, 0.4) is 0 Å². The fraction of sp³-hybridized carbons (Fsp3) is 0.412. The molecule has 4 heteroatoms. The van der Waals surface area contributed by atoms with E-state index in [1.54, 1.807) is 6.20 Å². The quantitative estimate of drug-likeness (QED) is 0.885. The Morgan fingerprint density at radius 2 is 2.10 bits per heavy atom. The summed E-state index contributed by atoms with van der Waals surface area (Å²) in [7, 11) is 1.94. The summed E-state index contributed by atoms with van der Waals surface area (Å²) in [5.41, 5.74) is 3.35. The van der Waals surface area contributed by atoms with Gasteiger partial charge in [0.25, 0.3) is 0 Å². The summed E-state index contributed by atoms with van der Waals surface area (Å²) in [4.78, 5) is 8.85. The van der Waals surface area contributed by atoms with Gasteiger partial charge in [-0.1, -0.05) is 13.0 Å². The van der Waals surface area contributed by atoms with E-state index >= 15 is 0 Å². The number of rotatable bonds is 6. The highest BCUT2D eigenvalue weighted by Crippen LogP contribution is 2.25. The predicted octanol–water partition coefficient (Wildman–Crippen LogP) is 3.14. The largest absolute Gasteiger partial charge is 0.489 e. The molecule has 0 aromatic carbocycles. The molecule has 0 aliphatic carbocycles. The average molecular weight is 285 g/mol. The number of nitrogens with zero attached hydrogens (tertiary/aromatic N) is 2. The molecule has 0 saturated carbocycles. The molecular weight excluding hydrogens is 262 g/mol. The first-order valence-electron chi connectivity index (χ1n) is 7.38. The zero-order chi connectivity index (χ0) is 15.2. The van der Waals surface area contributed by atoms with Crippen LogP contribution in [-0.2, 0) is 6.42 Å². The van der Waals surface area contributed by atoms with Crippen molar-refractivity contribution in [3.05, 3.63) is 53.6 Å². The van der Waals surface area contributed by atoms with Crippen molar-refractivity contribution >= 4 is 0 Å². The van der Waals surface area contributed by atoms with E-state index in [0.717, 1.165) is 23.4 Å². The molecule has 2 heterocycles. The Kier molecular flexibility index (Phi) is 5.28. The Hall–Kier alpha value is -1.94. The van der Waals surface area contributed by atoms with Crippen molar-refractivity contribution in [2.45, 2.75) is 39.3 Å². The molecular formula is C17H23N3O.